The first kappa shape index (κ1) is 17.1. The van der Waals surface area contributed by atoms with E-state index in [0.717, 1.165) is 31.6 Å². The number of rotatable bonds is 6. The maximum atomic E-state index is 12.1. The van der Waals surface area contributed by atoms with Gasteiger partial charge in [0.1, 0.15) is 0 Å². The topological polar surface area (TPSA) is 61.4 Å². The summed E-state index contributed by atoms with van der Waals surface area (Å²) < 4.78 is 0. The van der Waals surface area contributed by atoms with Gasteiger partial charge in [-0.15, -0.1) is 0 Å². The Morgan fingerprint density at radius 3 is 2.39 bits per heavy atom. The molecule has 0 saturated heterocycles. The fraction of sp³-hybridized carbons (Fsp3) is 0.444. The summed E-state index contributed by atoms with van der Waals surface area (Å²) >= 11 is 0. The van der Waals surface area contributed by atoms with Crippen LogP contribution in [0.15, 0.2) is 36.4 Å². The van der Waals surface area contributed by atoms with Gasteiger partial charge in [-0.25, -0.2) is 0 Å². The van der Waals surface area contributed by atoms with Gasteiger partial charge in [-0.2, -0.15) is 0 Å². The number of amides is 2. The summed E-state index contributed by atoms with van der Waals surface area (Å²) in [6.07, 6.45) is 6.61. The number of benzene rings is 1. The standard InChI is InChI=1S/C18H25N3O2/c1-3-21(4-2)16-11-9-15(10-12-16)18(23)20-19-17(22)13-14-7-5-6-8-14/h5,7,9-12,14H,3-4,6,8,13H2,1-2H3,(H,19,22)(H,20,23)/t14-/m1/s1. The highest BCUT2D eigenvalue weighted by Gasteiger charge is 2.14. The van der Waals surface area contributed by atoms with E-state index in [-0.39, 0.29) is 11.8 Å². The Morgan fingerprint density at radius 2 is 1.83 bits per heavy atom. The Bertz CT molecular complexity index is 562. The van der Waals surface area contributed by atoms with E-state index < -0.39 is 0 Å². The lowest BCUT2D eigenvalue weighted by Crippen LogP contribution is -2.42. The molecular formula is C18H25N3O2. The predicted octanol–water partition coefficient (Wildman–Crippen LogP) is 2.65. The summed E-state index contributed by atoms with van der Waals surface area (Å²) in [5.41, 5.74) is 6.57. The van der Waals surface area contributed by atoms with Crippen LogP contribution in [0.25, 0.3) is 0 Å². The molecule has 1 aromatic rings. The van der Waals surface area contributed by atoms with Crippen LogP contribution >= 0.6 is 0 Å². The van der Waals surface area contributed by atoms with Crippen molar-refractivity contribution in [3.8, 4) is 0 Å². The average Bonchev–Trinajstić information content (AvgIpc) is 3.07. The molecule has 0 aromatic heterocycles. The molecule has 1 atom stereocenters. The minimum absolute atomic E-state index is 0.158. The largest absolute Gasteiger partial charge is 0.372 e. The minimum Gasteiger partial charge on any atom is -0.372 e. The first-order valence-corrected chi connectivity index (χ1v) is 8.24. The number of allylic oxidation sites excluding steroid dienone is 2. The first-order chi connectivity index (χ1) is 11.1. The predicted molar refractivity (Wildman–Crippen MR) is 92.1 cm³/mol. The Kier molecular flexibility index (Phi) is 6.20. The summed E-state index contributed by atoms with van der Waals surface area (Å²) in [5, 5.41) is 0. The lowest BCUT2D eigenvalue weighted by atomic mass is 10.1. The van der Waals surface area contributed by atoms with Gasteiger partial charge in [0.15, 0.2) is 0 Å². The van der Waals surface area contributed by atoms with Gasteiger partial charge < -0.3 is 4.90 Å². The number of hydrogen-bond donors (Lipinski definition) is 2. The molecule has 0 unspecified atom stereocenters. The van der Waals surface area contributed by atoms with Gasteiger partial charge in [0.05, 0.1) is 0 Å². The third kappa shape index (κ3) is 4.84. The lowest BCUT2D eigenvalue weighted by Gasteiger charge is -2.21. The molecule has 0 aliphatic heterocycles. The Morgan fingerprint density at radius 1 is 1.13 bits per heavy atom. The smallest absolute Gasteiger partial charge is 0.269 e. The molecule has 0 bridgehead atoms. The number of hydrazine groups is 1. The zero-order chi connectivity index (χ0) is 16.7. The van der Waals surface area contributed by atoms with Crippen LogP contribution in [-0.2, 0) is 4.79 Å². The number of nitrogens with zero attached hydrogens (tertiary/aromatic N) is 1. The molecule has 5 heteroatoms. The van der Waals surface area contributed by atoms with Crippen molar-refractivity contribution in [2.24, 2.45) is 5.92 Å². The summed E-state index contributed by atoms with van der Waals surface area (Å²) in [5.74, 6) is -0.165. The van der Waals surface area contributed by atoms with Crippen LogP contribution in [0.2, 0.25) is 0 Å². The molecule has 0 spiro atoms. The van der Waals surface area contributed by atoms with E-state index in [1.807, 2.05) is 12.1 Å². The first-order valence-electron chi connectivity index (χ1n) is 8.24. The van der Waals surface area contributed by atoms with Crippen LogP contribution in [0, 0.1) is 5.92 Å². The number of anilines is 1. The van der Waals surface area contributed by atoms with Crippen LogP contribution in [0.3, 0.4) is 0 Å². The van der Waals surface area contributed by atoms with Gasteiger partial charge in [0.25, 0.3) is 5.91 Å². The zero-order valence-electron chi connectivity index (χ0n) is 13.8. The summed E-state index contributed by atoms with van der Waals surface area (Å²) in [7, 11) is 0. The highest BCUT2D eigenvalue weighted by Crippen LogP contribution is 2.19. The number of hydrogen-bond acceptors (Lipinski definition) is 3. The van der Waals surface area contributed by atoms with E-state index in [1.165, 1.54) is 0 Å². The Hall–Kier alpha value is -2.30. The second-order valence-corrected chi connectivity index (χ2v) is 5.69. The van der Waals surface area contributed by atoms with Crippen molar-refractivity contribution >= 4 is 17.5 Å². The zero-order valence-corrected chi connectivity index (χ0v) is 13.8. The third-order valence-corrected chi connectivity index (χ3v) is 4.13. The molecule has 0 saturated carbocycles. The second-order valence-electron chi connectivity index (χ2n) is 5.69. The van der Waals surface area contributed by atoms with E-state index in [4.69, 9.17) is 0 Å². The molecule has 0 fully saturated rings. The Labute approximate surface area is 137 Å². The van der Waals surface area contributed by atoms with E-state index >= 15 is 0 Å². The summed E-state index contributed by atoms with van der Waals surface area (Å²) in [4.78, 5) is 26.0. The maximum absolute atomic E-state index is 12.1. The molecule has 124 valence electrons. The maximum Gasteiger partial charge on any atom is 0.269 e. The lowest BCUT2D eigenvalue weighted by molar-refractivity contribution is -0.122. The van der Waals surface area contributed by atoms with Crippen LogP contribution in [0.4, 0.5) is 5.69 Å². The molecule has 23 heavy (non-hydrogen) atoms. The van der Waals surface area contributed by atoms with Gasteiger partial charge in [-0.05, 0) is 56.9 Å². The van der Waals surface area contributed by atoms with Gasteiger partial charge in [0, 0.05) is 30.8 Å². The summed E-state index contributed by atoms with van der Waals surface area (Å²) in [6, 6.07) is 7.39. The van der Waals surface area contributed by atoms with E-state index in [1.54, 1.807) is 12.1 Å². The van der Waals surface area contributed by atoms with Crippen molar-refractivity contribution < 1.29 is 9.59 Å². The molecule has 2 amide bonds. The molecule has 2 N–H and O–H groups in total. The molecule has 2 rings (SSSR count). The monoisotopic (exact) mass is 315 g/mol. The normalized spacial score (nSPS) is 16.2. The highest BCUT2D eigenvalue weighted by molar-refractivity contribution is 5.95. The fourth-order valence-corrected chi connectivity index (χ4v) is 2.77. The van der Waals surface area contributed by atoms with Gasteiger partial charge in [0.2, 0.25) is 5.91 Å². The van der Waals surface area contributed by atoms with Crippen LogP contribution in [0.1, 0.15) is 43.5 Å². The third-order valence-electron chi connectivity index (χ3n) is 4.13. The van der Waals surface area contributed by atoms with Crippen LogP contribution < -0.4 is 15.8 Å². The number of carbonyl (C=O) groups is 2. The van der Waals surface area contributed by atoms with Crippen LogP contribution in [0.5, 0.6) is 0 Å². The van der Waals surface area contributed by atoms with Crippen molar-refractivity contribution in [2.45, 2.75) is 33.1 Å². The summed E-state index contributed by atoms with van der Waals surface area (Å²) in [6.45, 7) is 6.04. The average molecular weight is 315 g/mol. The van der Waals surface area contributed by atoms with Crippen molar-refractivity contribution in [1.82, 2.24) is 10.9 Å². The highest BCUT2D eigenvalue weighted by atomic mass is 16.2. The van der Waals surface area contributed by atoms with Crippen molar-refractivity contribution in [3.63, 3.8) is 0 Å². The van der Waals surface area contributed by atoms with E-state index in [0.29, 0.717) is 17.9 Å². The van der Waals surface area contributed by atoms with Crippen molar-refractivity contribution in [3.05, 3.63) is 42.0 Å². The van der Waals surface area contributed by atoms with E-state index in [2.05, 4.69) is 41.8 Å². The fourth-order valence-electron chi connectivity index (χ4n) is 2.77. The van der Waals surface area contributed by atoms with Gasteiger partial charge >= 0.3 is 0 Å². The molecule has 1 aliphatic carbocycles. The van der Waals surface area contributed by atoms with Gasteiger partial charge in [-0.1, -0.05) is 12.2 Å². The van der Waals surface area contributed by atoms with Crippen LogP contribution in [-0.4, -0.2) is 24.9 Å². The molecular weight excluding hydrogens is 290 g/mol. The minimum atomic E-state index is -0.300. The molecule has 0 heterocycles. The van der Waals surface area contributed by atoms with Crippen molar-refractivity contribution in [1.29, 1.82) is 0 Å². The molecule has 0 radical (unpaired) electrons. The number of carbonyl (C=O) groups excluding carboxylic acids is 2. The SMILES string of the molecule is CCN(CC)c1ccc(C(=O)NNC(=O)C[C@@H]2C=CCC2)cc1. The molecule has 5 nitrogen and oxygen atoms in total. The molecule has 1 aliphatic rings. The number of nitrogens with one attached hydrogen (secondary N) is 2. The molecule has 1 aromatic carbocycles. The van der Waals surface area contributed by atoms with Gasteiger partial charge in [-0.3, -0.25) is 20.4 Å². The van der Waals surface area contributed by atoms with E-state index in [9.17, 15) is 9.59 Å². The Balaban J connectivity index is 1.83. The quantitative estimate of drug-likeness (QED) is 0.627. The van der Waals surface area contributed by atoms with Crippen molar-refractivity contribution in [2.75, 3.05) is 18.0 Å². The second kappa shape index (κ2) is 8.36.